The van der Waals surface area contributed by atoms with Gasteiger partial charge in [0.05, 0.1) is 6.10 Å². The third kappa shape index (κ3) is 3.67. The summed E-state index contributed by atoms with van der Waals surface area (Å²) in [5, 5.41) is 10.6. The lowest BCUT2D eigenvalue weighted by atomic mass is 9.39. The van der Waals surface area contributed by atoms with Crippen LogP contribution in [0.15, 0.2) is 12.2 Å². The summed E-state index contributed by atoms with van der Waals surface area (Å²) in [6.07, 6.45) is 14.7. The van der Waals surface area contributed by atoms with Crippen molar-refractivity contribution >= 4 is 0 Å². The van der Waals surface area contributed by atoms with Gasteiger partial charge in [-0.3, -0.25) is 0 Å². The second kappa shape index (κ2) is 8.73. The molecule has 4 rings (SSSR count). The Hall–Kier alpha value is -0.300. The van der Waals surface area contributed by atoms with Gasteiger partial charge in [0.15, 0.2) is 0 Å². The van der Waals surface area contributed by atoms with Crippen LogP contribution in [0.25, 0.3) is 0 Å². The summed E-state index contributed by atoms with van der Waals surface area (Å²) in [4.78, 5) is 0. The van der Waals surface area contributed by atoms with Gasteiger partial charge in [0.25, 0.3) is 0 Å². The van der Waals surface area contributed by atoms with Crippen LogP contribution in [0.4, 0.5) is 0 Å². The molecule has 0 radical (unpaired) electrons. The fourth-order valence-electron chi connectivity index (χ4n) is 10.2. The molecule has 1 nitrogen and oxygen atoms in total. The molecule has 4 fully saturated rings. The fourth-order valence-corrected chi connectivity index (χ4v) is 10.2. The Balaban J connectivity index is 1.49. The van der Waals surface area contributed by atoms with E-state index in [1.54, 1.807) is 0 Å². The van der Waals surface area contributed by atoms with Crippen molar-refractivity contribution in [2.24, 2.45) is 57.7 Å². The zero-order valence-electron chi connectivity index (χ0n) is 22.6. The minimum Gasteiger partial charge on any atom is -0.393 e. The van der Waals surface area contributed by atoms with E-state index in [1.165, 1.54) is 69.8 Å². The normalized spacial score (nSPS) is 49.3. The minimum absolute atomic E-state index is 0.0578. The average Bonchev–Trinajstić information content (AvgIpc) is 3.02. The fraction of sp³-hybridized carbons (Fsp3) is 0.935. The molecule has 0 aromatic rings. The molecule has 4 aliphatic rings. The van der Waals surface area contributed by atoms with Gasteiger partial charge in [-0.2, -0.15) is 0 Å². The second-order valence-electron chi connectivity index (χ2n) is 14.1. The highest BCUT2D eigenvalue weighted by Gasteiger charge is 2.66. The molecule has 0 aliphatic heterocycles. The van der Waals surface area contributed by atoms with E-state index in [9.17, 15) is 5.11 Å². The Bertz CT molecular complexity index is 695. The molecule has 1 N–H and O–H groups in total. The Morgan fingerprint density at radius 1 is 0.875 bits per heavy atom. The van der Waals surface area contributed by atoms with Crippen LogP contribution < -0.4 is 0 Å². The Morgan fingerprint density at radius 3 is 2.22 bits per heavy atom. The van der Waals surface area contributed by atoms with Crippen molar-refractivity contribution in [2.45, 2.75) is 125 Å². The predicted molar refractivity (Wildman–Crippen MR) is 137 cm³/mol. The van der Waals surface area contributed by atoms with E-state index in [1.807, 2.05) is 0 Å². The molecule has 0 amide bonds. The Kier molecular flexibility index (Phi) is 6.77. The summed E-state index contributed by atoms with van der Waals surface area (Å²) < 4.78 is 0. The van der Waals surface area contributed by atoms with Gasteiger partial charge in [-0.25, -0.2) is 0 Å². The van der Waals surface area contributed by atoms with E-state index in [0.29, 0.717) is 28.1 Å². The number of fused-ring (bicyclic) bond motifs is 5. The van der Waals surface area contributed by atoms with Crippen molar-refractivity contribution < 1.29 is 5.11 Å². The maximum atomic E-state index is 10.6. The first-order valence-electron chi connectivity index (χ1n) is 14.3. The van der Waals surface area contributed by atoms with E-state index in [-0.39, 0.29) is 6.10 Å². The van der Waals surface area contributed by atoms with E-state index >= 15 is 0 Å². The lowest BCUT2D eigenvalue weighted by molar-refractivity contribution is -0.179. The smallest absolute Gasteiger partial charge is 0.0568 e. The van der Waals surface area contributed by atoms with Crippen molar-refractivity contribution in [3.8, 4) is 0 Å². The van der Waals surface area contributed by atoms with E-state index in [0.717, 1.165) is 36.0 Å². The molecule has 32 heavy (non-hydrogen) atoms. The van der Waals surface area contributed by atoms with Crippen LogP contribution in [0.5, 0.6) is 0 Å². The molecule has 0 saturated heterocycles. The topological polar surface area (TPSA) is 20.2 Å². The largest absolute Gasteiger partial charge is 0.393 e. The molecule has 0 unspecified atom stereocenters. The third-order valence-electron chi connectivity index (χ3n) is 12.7. The van der Waals surface area contributed by atoms with Gasteiger partial charge < -0.3 is 5.11 Å². The highest BCUT2D eigenvalue weighted by atomic mass is 16.3. The highest BCUT2D eigenvalue weighted by Crippen LogP contribution is 2.73. The average molecular weight is 443 g/mol. The number of aliphatic hydroxyl groups excluding tert-OH is 1. The SMILES string of the molecule is C=C(CCC[C@@H](C)[C@H]1CC[C@@]2(C)[C@@H]3CC[C@H]4[C@H](C)[C@@H](O)CC[C@]4(C)[C@H]3CC[C@]12C)C(C)C. The van der Waals surface area contributed by atoms with E-state index in [2.05, 4.69) is 55.0 Å². The zero-order valence-corrected chi connectivity index (χ0v) is 22.6. The van der Waals surface area contributed by atoms with Gasteiger partial charge >= 0.3 is 0 Å². The lowest BCUT2D eigenvalue weighted by Crippen LogP contribution is -2.59. The summed E-state index contributed by atoms with van der Waals surface area (Å²) in [5.41, 5.74) is 2.94. The monoisotopic (exact) mass is 442 g/mol. The Morgan fingerprint density at radius 2 is 1.53 bits per heavy atom. The first-order valence-corrected chi connectivity index (χ1v) is 14.3. The number of hydrogen-bond donors (Lipinski definition) is 1. The predicted octanol–water partition coefficient (Wildman–Crippen LogP) is 8.66. The maximum Gasteiger partial charge on any atom is 0.0568 e. The van der Waals surface area contributed by atoms with Crippen LogP contribution in [-0.4, -0.2) is 11.2 Å². The molecule has 10 atom stereocenters. The molecule has 4 saturated carbocycles. The molecular weight excluding hydrogens is 388 g/mol. The molecular formula is C31H54O. The first kappa shape index (κ1) is 24.8. The van der Waals surface area contributed by atoms with Gasteiger partial charge in [0.2, 0.25) is 0 Å². The second-order valence-corrected chi connectivity index (χ2v) is 14.1. The molecule has 0 aromatic carbocycles. The van der Waals surface area contributed by atoms with Gasteiger partial charge in [0, 0.05) is 0 Å². The van der Waals surface area contributed by atoms with Crippen molar-refractivity contribution in [1.82, 2.24) is 0 Å². The highest BCUT2D eigenvalue weighted by molar-refractivity contribution is 5.15. The maximum absolute atomic E-state index is 10.6. The molecule has 4 aliphatic carbocycles. The number of hydrogen-bond acceptors (Lipinski definition) is 1. The quantitative estimate of drug-likeness (QED) is 0.408. The summed E-state index contributed by atoms with van der Waals surface area (Å²) in [7, 11) is 0. The third-order valence-corrected chi connectivity index (χ3v) is 12.7. The van der Waals surface area contributed by atoms with Gasteiger partial charge in [-0.15, -0.1) is 0 Å². The van der Waals surface area contributed by atoms with Crippen LogP contribution in [0.3, 0.4) is 0 Å². The standard InChI is InChI=1S/C31H54O/c1-20(2)21(3)10-9-11-22(4)24-14-18-31(8)27-13-12-25-23(5)28(32)16-17-29(25,6)26(27)15-19-30(24,31)7/h20,22-28,32H,3,9-19H2,1-2,4-8H3/t22-,23+,24-,25+,26+,27-,28+,29+,30-,31+/m1/s1. The molecule has 0 bridgehead atoms. The van der Waals surface area contributed by atoms with Gasteiger partial charge in [-0.05, 0) is 122 Å². The van der Waals surface area contributed by atoms with Crippen molar-refractivity contribution in [1.29, 1.82) is 0 Å². The van der Waals surface area contributed by atoms with Crippen LogP contribution in [0, 0.1) is 57.7 Å². The molecule has 1 heteroatoms. The Labute approximate surface area is 200 Å². The summed E-state index contributed by atoms with van der Waals surface area (Å²) in [6, 6.07) is 0. The van der Waals surface area contributed by atoms with E-state index in [4.69, 9.17) is 0 Å². The summed E-state index contributed by atoms with van der Waals surface area (Å²) >= 11 is 0. The van der Waals surface area contributed by atoms with Crippen LogP contribution >= 0.6 is 0 Å². The molecule has 0 heterocycles. The zero-order chi connectivity index (χ0) is 23.5. The molecule has 0 spiro atoms. The number of allylic oxidation sites excluding steroid dienone is 1. The lowest BCUT2D eigenvalue weighted by Gasteiger charge is -2.66. The van der Waals surface area contributed by atoms with Crippen molar-refractivity contribution in [3.05, 3.63) is 12.2 Å². The van der Waals surface area contributed by atoms with Crippen LogP contribution in [0.1, 0.15) is 119 Å². The molecule has 0 aromatic heterocycles. The number of aliphatic hydroxyl groups is 1. The van der Waals surface area contributed by atoms with Crippen molar-refractivity contribution in [3.63, 3.8) is 0 Å². The van der Waals surface area contributed by atoms with E-state index < -0.39 is 0 Å². The van der Waals surface area contributed by atoms with Crippen LogP contribution in [-0.2, 0) is 0 Å². The van der Waals surface area contributed by atoms with Gasteiger partial charge in [-0.1, -0.05) is 67.0 Å². The van der Waals surface area contributed by atoms with Crippen molar-refractivity contribution in [2.75, 3.05) is 0 Å². The van der Waals surface area contributed by atoms with Crippen LogP contribution in [0.2, 0.25) is 0 Å². The number of rotatable bonds is 6. The molecule has 184 valence electrons. The first-order chi connectivity index (χ1) is 15.0. The summed E-state index contributed by atoms with van der Waals surface area (Å²) in [6.45, 7) is 21.9. The van der Waals surface area contributed by atoms with Gasteiger partial charge in [0.1, 0.15) is 0 Å². The minimum atomic E-state index is -0.0578. The summed E-state index contributed by atoms with van der Waals surface area (Å²) in [5.74, 6) is 5.40.